The van der Waals surface area contributed by atoms with E-state index >= 15 is 0 Å². The van der Waals surface area contributed by atoms with Gasteiger partial charge in [0.05, 0.1) is 0 Å². The predicted octanol–water partition coefficient (Wildman–Crippen LogP) is 9.93. The van der Waals surface area contributed by atoms with Gasteiger partial charge in [-0.15, -0.1) is 0 Å². The maximum atomic E-state index is 3.34. The van der Waals surface area contributed by atoms with Crippen LogP contribution in [0, 0.1) is 273 Å². The van der Waals surface area contributed by atoms with E-state index in [9.17, 15) is 0 Å². The highest BCUT2D eigenvalue weighted by Crippen LogP contribution is 3.69. The molecule has 0 aromatic heterocycles. The first-order valence-electron chi connectivity index (χ1n) is 30.6. The summed E-state index contributed by atoms with van der Waals surface area (Å²) in [6, 6.07) is 0. The fraction of sp³-hybridized carbons (Fsp3) is 1.00. The zero-order chi connectivity index (χ0) is 41.4. The molecule has 0 nitrogen and oxygen atoms in total. The van der Waals surface area contributed by atoms with Crippen molar-refractivity contribution in [2.24, 2.45) is 273 Å². The topological polar surface area (TPSA) is 0 Å². The normalized spacial score (nSPS) is 125. The Bertz CT molecular complexity index is 3980. The third kappa shape index (κ3) is 0.620. The first-order chi connectivity index (χ1) is 30.6. The highest BCUT2D eigenvalue weighted by atomic mass is 15.7. The summed E-state index contributed by atoms with van der Waals surface area (Å²) in [6.45, 7) is 47.4. The molecule has 322 valence electrons. The molecule has 0 radical (unpaired) electrons. The lowest BCUT2D eigenvalue weighted by Gasteiger charge is -3.65. The van der Waals surface area contributed by atoms with Gasteiger partial charge in [0.25, 0.3) is 0 Å². The number of rotatable bonds is 0. The molecule has 0 aromatic rings. The van der Waals surface area contributed by atoms with E-state index in [4.69, 9.17) is 0 Å². The standard InChI is InChI=1S/C65H62/c1-17-21-23-19-16-20-24-26-28-29-27-25-22-18(2)33(5)40(12)38(10)32(3,4)37(9)35(7)30-54(37,38)58(40)46(22,33)49(25)50(27)52(29)53(28)51(26)48(24)44(19,20)47(23)45(21)34(17,6)41(13)43(15)42(14)39(11)36(35,8)31-55(39)60(42)61(43)59(41,45)63(47,48)65(51,61)64(53,60)62(52,55)57(31,50)56(30,49)58/h17-31H,16H2,1-15H3/t17-,18+,19+,20?,21-,22+,23+,24-,25+,26-,27+,28-,29+,30?,31-,33+,34?,35+,36-,37-,38-,39-,40+,41+,42-,43+,44?,45?,46+,47?,48-,49+,50+,51-,52+,53-,54-,55+,56+,57-,58+,59+,60-,61+,62+,63-,64+,65-/m1/s1. The molecule has 0 heteroatoms. The van der Waals surface area contributed by atoms with Gasteiger partial charge in [0.1, 0.15) is 0 Å². The van der Waals surface area contributed by atoms with Crippen molar-refractivity contribution in [3.05, 3.63) is 0 Å². The molecule has 0 aromatic carbocycles. The monoisotopic (exact) mass is 842 g/mol. The molecule has 6 unspecified atom stereocenters. The van der Waals surface area contributed by atoms with Crippen LogP contribution in [0.5, 0.6) is 0 Å². The van der Waals surface area contributed by atoms with Crippen LogP contribution in [0.3, 0.4) is 0 Å². The van der Waals surface area contributed by atoms with Crippen LogP contribution in [0.15, 0.2) is 0 Å². The summed E-state index contributed by atoms with van der Waals surface area (Å²) in [5.41, 5.74) is 26.5. The van der Waals surface area contributed by atoms with E-state index in [2.05, 4.69) is 104 Å². The van der Waals surface area contributed by atoms with Crippen molar-refractivity contribution in [3.63, 3.8) is 0 Å². The molecule has 35 fully saturated rings. The molecule has 0 N–H and O–H groups in total. The van der Waals surface area contributed by atoms with E-state index in [0.29, 0.717) is 70.4 Å². The van der Waals surface area contributed by atoms with E-state index in [1.165, 1.54) is 71.0 Å². The van der Waals surface area contributed by atoms with E-state index < -0.39 is 0 Å². The lowest BCUT2D eigenvalue weighted by atomic mass is 8.37. The molecule has 22 spiro atoms. The van der Waals surface area contributed by atoms with Crippen molar-refractivity contribution < 1.29 is 0 Å². The van der Waals surface area contributed by atoms with Crippen LogP contribution in [-0.2, 0) is 0 Å². The molecular weight excluding hydrogens is 781 g/mol. The van der Waals surface area contributed by atoms with Gasteiger partial charge in [-0.05, 0) is 279 Å². The zero-order valence-electron chi connectivity index (χ0n) is 41.4. The van der Waals surface area contributed by atoms with Crippen molar-refractivity contribution in [1.29, 1.82) is 0 Å². The average molecular weight is 843 g/mol. The van der Waals surface area contributed by atoms with Gasteiger partial charge >= 0.3 is 0 Å². The molecule has 65 heavy (non-hydrogen) atoms. The number of fused-ring (bicyclic) bond motifs is 18. The Hall–Kier alpha value is 0. The minimum Gasteiger partial charge on any atom is -0.0616 e. The SMILES string of the molecule is C[C@@H]1[C@@H]2[C@@H]3[C@@H]4CC5[C@@H]6[C@@H]7[C@@H]8[C@@H]9[C@@H]%10[C@@H]%11[C@@H]%12[C@H](C)[C@@]%13(C)[C@@]%14(C)[C@@]%15(C)C(C)(C)[C@]%16(C)[C@@]%17(C)C%18[C@@]%16%15[C@]%14%15[C@]%18%14[C@]%11([C@]%10%11[C@]9%10[C@]89[C@]78[C@]67C54C34C23C1(C)[C@@]1(C)[C@@]2(C)[C@@]5(C)[C@@]6(C)[C@]%17(C)[C@H]%16[C@]%14%11[C@@]%10%11[C@@]%166[C@@]56[C@@]25[C@@]31[C@@]47[C@@]85[C@]9%116)[C@]%12%13%15. The summed E-state index contributed by atoms with van der Waals surface area (Å²) >= 11 is 0. The van der Waals surface area contributed by atoms with Gasteiger partial charge in [-0.25, -0.2) is 0 Å². The summed E-state index contributed by atoms with van der Waals surface area (Å²) in [7, 11) is 0. The van der Waals surface area contributed by atoms with E-state index in [1.54, 1.807) is 6.42 Å². The fourth-order valence-electron chi connectivity index (χ4n) is 63.6. The zero-order valence-corrected chi connectivity index (χ0v) is 41.4. The smallest absolute Gasteiger partial charge is 0.000407 e. The van der Waals surface area contributed by atoms with E-state index in [0.717, 1.165) is 131 Å². The Labute approximate surface area is 381 Å². The molecule has 0 saturated heterocycles. The van der Waals surface area contributed by atoms with Gasteiger partial charge in [0.15, 0.2) is 0 Å². The first-order valence-corrected chi connectivity index (χ1v) is 30.6. The minimum absolute atomic E-state index is 0.438. The first kappa shape index (κ1) is 27.2. The van der Waals surface area contributed by atoms with Gasteiger partial charge in [0, 0.05) is 0 Å². The minimum atomic E-state index is 0.438. The second-order valence-corrected chi connectivity index (χ2v) is 40.3. The molecule has 35 rings (SSSR count). The van der Waals surface area contributed by atoms with Gasteiger partial charge < -0.3 is 0 Å². The second-order valence-electron chi connectivity index (χ2n) is 40.3. The quantitative estimate of drug-likeness (QED) is 0.228. The molecule has 35 aliphatic carbocycles. The fourth-order valence-corrected chi connectivity index (χ4v) is 63.6. The largest absolute Gasteiger partial charge is 0.0616 e. The second kappa shape index (κ2) is 4.06. The number of hydrogen-bond donors (Lipinski definition) is 0. The van der Waals surface area contributed by atoms with Gasteiger partial charge in [-0.1, -0.05) is 104 Å². The van der Waals surface area contributed by atoms with Crippen LogP contribution in [0.1, 0.15) is 110 Å². The van der Waals surface area contributed by atoms with Gasteiger partial charge in [-0.2, -0.15) is 0 Å². The van der Waals surface area contributed by atoms with Crippen LogP contribution in [0.2, 0.25) is 0 Å². The molecule has 35 aliphatic rings. The maximum absolute atomic E-state index is 3.34. The van der Waals surface area contributed by atoms with Crippen molar-refractivity contribution in [1.82, 2.24) is 0 Å². The summed E-state index contributed by atoms with van der Waals surface area (Å²) in [5, 5.41) is 0. The van der Waals surface area contributed by atoms with Crippen molar-refractivity contribution >= 4 is 0 Å². The van der Waals surface area contributed by atoms with Crippen molar-refractivity contribution in [2.45, 2.75) is 110 Å². The lowest BCUT2D eigenvalue weighted by Crippen LogP contribution is -3.64. The molecular formula is C65H62. The molecule has 0 bridgehead atoms. The molecule has 0 heterocycles. The summed E-state index contributed by atoms with van der Waals surface area (Å²) in [5.74, 6) is 18.3. The molecule has 48 atom stereocenters. The maximum Gasteiger partial charge on any atom is -0.000407 e. The van der Waals surface area contributed by atoms with Crippen molar-refractivity contribution in [2.75, 3.05) is 0 Å². The third-order valence-electron chi connectivity index (χ3n) is 53.4. The highest BCUT2D eigenvalue weighted by molar-refractivity contribution is 6.12. The Balaban J connectivity index is 0.800. The summed E-state index contributed by atoms with van der Waals surface area (Å²) < 4.78 is 0. The van der Waals surface area contributed by atoms with E-state index in [-0.39, 0.29) is 0 Å². The number of hydrogen-bond acceptors (Lipinski definition) is 0. The Kier molecular flexibility index (Phi) is 1.70. The molecule has 0 aliphatic heterocycles. The van der Waals surface area contributed by atoms with Crippen LogP contribution < -0.4 is 0 Å². The third-order valence-corrected chi connectivity index (χ3v) is 53.4. The predicted molar refractivity (Wildman–Crippen MR) is 225 cm³/mol. The van der Waals surface area contributed by atoms with Gasteiger partial charge in [0.2, 0.25) is 0 Å². The Morgan fingerprint density at radius 3 is 1.42 bits per heavy atom. The Morgan fingerprint density at radius 1 is 0.262 bits per heavy atom. The Morgan fingerprint density at radius 2 is 0.708 bits per heavy atom. The average Bonchev–Trinajstić information content (AvgIpc) is 3.20. The van der Waals surface area contributed by atoms with Crippen LogP contribution in [0.4, 0.5) is 0 Å². The van der Waals surface area contributed by atoms with Crippen molar-refractivity contribution in [3.8, 4) is 0 Å². The lowest BCUT2D eigenvalue weighted by molar-refractivity contribution is -1.21. The molecule has 0 amide bonds. The van der Waals surface area contributed by atoms with Crippen LogP contribution >= 0.6 is 0 Å². The van der Waals surface area contributed by atoms with Crippen LogP contribution in [-0.4, -0.2) is 0 Å². The summed E-state index contributed by atoms with van der Waals surface area (Å²) in [4.78, 5) is 0. The summed E-state index contributed by atoms with van der Waals surface area (Å²) in [6.07, 6.45) is 1.79. The van der Waals surface area contributed by atoms with Gasteiger partial charge in [-0.3, -0.25) is 0 Å². The molecule has 35 saturated carbocycles. The van der Waals surface area contributed by atoms with E-state index in [1.807, 2.05) is 0 Å². The highest BCUT2D eigenvalue weighted by Gasteiger charge is 3.68. The van der Waals surface area contributed by atoms with Crippen LogP contribution in [0.25, 0.3) is 0 Å².